The number of rotatable bonds is 7. The Morgan fingerprint density at radius 2 is 1.94 bits per heavy atom. The van der Waals surface area contributed by atoms with Crippen molar-refractivity contribution in [2.24, 2.45) is 0 Å². The maximum absolute atomic E-state index is 13.0. The largest absolute Gasteiger partial charge is 0.385 e. The Hall–Kier alpha value is -2.97. The Balaban J connectivity index is 1.59. The zero-order valence-electron chi connectivity index (χ0n) is 18.2. The zero-order chi connectivity index (χ0) is 22.5. The fraction of sp³-hybridized carbons (Fsp3) is 0.375. The highest BCUT2D eigenvalue weighted by atomic mass is 32.1. The van der Waals surface area contributed by atoms with Crippen LogP contribution in [0.4, 0.5) is 11.4 Å². The van der Waals surface area contributed by atoms with Gasteiger partial charge in [-0.15, -0.1) is 0 Å². The SMILES string of the molecule is COCCCn1c(=S)[nH]c2cc(C(=O)Nc3ccccc3N3CCCCC3)ccc2c1=O. The first-order chi connectivity index (χ1) is 15.6. The van der Waals surface area contributed by atoms with Crippen LogP contribution in [0.15, 0.2) is 47.3 Å². The number of benzene rings is 2. The van der Waals surface area contributed by atoms with Crippen LogP contribution in [0, 0.1) is 4.77 Å². The molecule has 4 rings (SSSR count). The number of hydrogen-bond donors (Lipinski definition) is 2. The average Bonchev–Trinajstić information content (AvgIpc) is 2.82. The molecule has 0 saturated carbocycles. The first kappa shape index (κ1) is 22.2. The molecule has 2 N–H and O–H groups in total. The summed E-state index contributed by atoms with van der Waals surface area (Å²) in [6.07, 6.45) is 4.26. The van der Waals surface area contributed by atoms with E-state index in [4.69, 9.17) is 17.0 Å². The molecule has 0 aliphatic carbocycles. The van der Waals surface area contributed by atoms with Crippen LogP contribution in [0.5, 0.6) is 0 Å². The van der Waals surface area contributed by atoms with Crippen molar-refractivity contribution in [1.29, 1.82) is 0 Å². The van der Waals surface area contributed by atoms with E-state index in [1.54, 1.807) is 25.3 Å². The molecule has 7 nitrogen and oxygen atoms in total. The molecule has 0 spiro atoms. The van der Waals surface area contributed by atoms with E-state index in [0.29, 0.717) is 40.8 Å². The normalized spacial score (nSPS) is 14.0. The summed E-state index contributed by atoms with van der Waals surface area (Å²) in [5, 5.41) is 3.55. The number of carbonyl (C=O) groups excluding carboxylic acids is 1. The number of methoxy groups -OCH3 is 1. The van der Waals surface area contributed by atoms with Crippen LogP contribution in [0.1, 0.15) is 36.0 Å². The predicted octanol–water partition coefficient (Wildman–Crippen LogP) is 4.34. The van der Waals surface area contributed by atoms with E-state index in [1.165, 1.54) is 11.0 Å². The lowest BCUT2D eigenvalue weighted by Gasteiger charge is -2.30. The van der Waals surface area contributed by atoms with E-state index >= 15 is 0 Å². The number of aromatic amines is 1. The molecule has 2 aromatic carbocycles. The van der Waals surface area contributed by atoms with Crippen LogP contribution in [0.2, 0.25) is 0 Å². The molecule has 0 unspecified atom stereocenters. The number of aromatic nitrogens is 2. The van der Waals surface area contributed by atoms with Crippen LogP contribution >= 0.6 is 12.2 Å². The quantitative estimate of drug-likeness (QED) is 0.412. The standard InChI is InChI=1S/C24H28N4O3S/c1-31-15-7-14-28-23(30)18-11-10-17(16-20(18)26-24(28)32)22(29)25-19-8-3-4-9-21(19)27-12-5-2-6-13-27/h3-4,8-11,16H,2,5-7,12-15H2,1H3,(H,25,29)(H,26,32). The van der Waals surface area contributed by atoms with E-state index in [2.05, 4.69) is 15.2 Å². The number of fused-ring (bicyclic) bond motifs is 1. The number of ether oxygens (including phenoxy) is 1. The van der Waals surface area contributed by atoms with Gasteiger partial charge in [0.25, 0.3) is 11.5 Å². The number of amides is 1. The second-order valence-electron chi connectivity index (χ2n) is 8.01. The third-order valence-corrected chi connectivity index (χ3v) is 6.15. The molecule has 1 fully saturated rings. The molecule has 32 heavy (non-hydrogen) atoms. The van der Waals surface area contributed by atoms with Gasteiger partial charge >= 0.3 is 0 Å². The second-order valence-corrected chi connectivity index (χ2v) is 8.40. The summed E-state index contributed by atoms with van der Waals surface area (Å²) in [4.78, 5) is 31.3. The number of H-pyrrole nitrogens is 1. The lowest BCUT2D eigenvalue weighted by molar-refractivity contribution is 0.102. The molecule has 1 aliphatic rings. The minimum Gasteiger partial charge on any atom is -0.385 e. The van der Waals surface area contributed by atoms with Crippen LogP contribution < -0.4 is 15.8 Å². The maximum atomic E-state index is 13.0. The molecule has 1 saturated heterocycles. The van der Waals surface area contributed by atoms with Gasteiger partial charge < -0.3 is 19.9 Å². The first-order valence-corrected chi connectivity index (χ1v) is 11.4. The smallest absolute Gasteiger partial charge is 0.262 e. The van der Waals surface area contributed by atoms with Crippen molar-refractivity contribution >= 4 is 40.4 Å². The van der Waals surface area contributed by atoms with Crippen molar-refractivity contribution in [3.8, 4) is 0 Å². The van der Waals surface area contributed by atoms with Crippen LogP contribution in [0.25, 0.3) is 10.9 Å². The first-order valence-electron chi connectivity index (χ1n) is 11.0. The summed E-state index contributed by atoms with van der Waals surface area (Å²) in [5.41, 5.74) is 2.69. The van der Waals surface area contributed by atoms with Gasteiger partial charge in [0.05, 0.1) is 22.3 Å². The predicted molar refractivity (Wildman–Crippen MR) is 130 cm³/mol. The number of piperidine rings is 1. The number of nitrogens with zero attached hydrogens (tertiary/aromatic N) is 2. The van der Waals surface area contributed by atoms with E-state index in [1.807, 2.05) is 24.3 Å². The van der Waals surface area contributed by atoms with E-state index in [9.17, 15) is 9.59 Å². The highest BCUT2D eigenvalue weighted by molar-refractivity contribution is 7.71. The molecular formula is C24H28N4O3S. The highest BCUT2D eigenvalue weighted by Crippen LogP contribution is 2.28. The molecular weight excluding hydrogens is 424 g/mol. The molecule has 2 heterocycles. The van der Waals surface area contributed by atoms with E-state index < -0.39 is 0 Å². The lowest BCUT2D eigenvalue weighted by atomic mass is 10.1. The van der Waals surface area contributed by atoms with Crippen molar-refractivity contribution in [2.45, 2.75) is 32.2 Å². The molecule has 1 aromatic heterocycles. The third kappa shape index (κ3) is 4.76. The Morgan fingerprint density at radius 1 is 1.16 bits per heavy atom. The van der Waals surface area contributed by atoms with Gasteiger partial charge in [-0.25, -0.2) is 0 Å². The van der Waals surface area contributed by atoms with Gasteiger partial charge in [-0.05, 0) is 68.2 Å². The van der Waals surface area contributed by atoms with Gasteiger partial charge in [0.2, 0.25) is 0 Å². The summed E-state index contributed by atoms with van der Waals surface area (Å²) < 4.78 is 6.93. The summed E-state index contributed by atoms with van der Waals surface area (Å²) >= 11 is 5.38. The van der Waals surface area contributed by atoms with Crippen LogP contribution in [-0.4, -0.2) is 42.3 Å². The van der Waals surface area contributed by atoms with Gasteiger partial charge in [0, 0.05) is 38.9 Å². The van der Waals surface area contributed by atoms with Crippen molar-refractivity contribution in [2.75, 3.05) is 37.0 Å². The number of para-hydroxylation sites is 2. The molecule has 0 radical (unpaired) electrons. The third-order valence-electron chi connectivity index (χ3n) is 5.82. The van der Waals surface area contributed by atoms with Crippen molar-refractivity contribution in [1.82, 2.24) is 9.55 Å². The van der Waals surface area contributed by atoms with Crippen molar-refractivity contribution < 1.29 is 9.53 Å². The number of hydrogen-bond acceptors (Lipinski definition) is 5. The Bertz CT molecular complexity index is 1230. The minimum absolute atomic E-state index is 0.165. The number of carbonyl (C=O) groups is 1. The molecule has 1 amide bonds. The lowest BCUT2D eigenvalue weighted by Crippen LogP contribution is -2.30. The number of anilines is 2. The summed E-state index contributed by atoms with van der Waals surface area (Å²) in [5.74, 6) is -0.222. The summed E-state index contributed by atoms with van der Waals surface area (Å²) in [6.45, 7) is 3.02. The van der Waals surface area contributed by atoms with Crippen molar-refractivity contribution in [3.05, 3.63) is 63.2 Å². The summed E-state index contributed by atoms with van der Waals surface area (Å²) in [7, 11) is 1.63. The molecule has 0 bridgehead atoms. The van der Waals surface area contributed by atoms with E-state index in [-0.39, 0.29) is 11.5 Å². The Labute approximate surface area is 192 Å². The van der Waals surface area contributed by atoms with E-state index in [0.717, 1.165) is 37.3 Å². The van der Waals surface area contributed by atoms with Crippen LogP contribution in [-0.2, 0) is 11.3 Å². The Kier molecular flexibility index (Phi) is 7.02. The summed E-state index contributed by atoms with van der Waals surface area (Å²) in [6, 6.07) is 12.9. The van der Waals surface area contributed by atoms with Crippen molar-refractivity contribution in [3.63, 3.8) is 0 Å². The van der Waals surface area contributed by atoms with Gasteiger partial charge in [0.15, 0.2) is 4.77 Å². The zero-order valence-corrected chi connectivity index (χ0v) is 19.0. The molecule has 1 aliphatic heterocycles. The molecule has 168 valence electrons. The van der Waals surface area contributed by atoms with Gasteiger partial charge in [0.1, 0.15) is 0 Å². The van der Waals surface area contributed by atoms with Gasteiger partial charge in [-0.2, -0.15) is 0 Å². The van der Waals surface area contributed by atoms with Crippen LogP contribution in [0.3, 0.4) is 0 Å². The molecule has 8 heteroatoms. The Morgan fingerprint density at radius 3 is 2.72 bits per heavy atom. The maximum Gasteiger partial charge on any atom is 0.262 e. The monoisotopic (exact) mass is 452 g/mol. The molecule has 3 aromatic rings. The fourth-order valence-corrected chi connectivity index (χ4v) is 4.43. The second kappa shape index (κ2) is 10.1. The topological polar surface area (TPSA) is 79.4 Å². The highest BCUT2D eigenvalue weighted by Gasteiger charge is 2.17. The fourth-order valence-electron chi connectivity index (χ4n) is 4.15. The average molecular weight is 453 g/mol. The molecule has 0 atom stereocenters. The van der Waals surface area contributed by atoms with Gasteiger partial charge in [-0.1, -0.05) is 12.1 Å². The number of nitrogens with one attached hydrogen (secondary N) is 2. The minimum atomic E-state index is -0.222. The van der Waals surface area contributed by atoms with Gasteiger partial charge in [-0.3, -0.25) is 14.2 Å².